The molecule has 2 N–H and O–H groups in total. The number of hydrogen-bond acceptors (Lipinski definition) is 2. The Morgan fingerprint density at radius 3 is 1.89 bits per heavy atom. The van der Waals surface area contributed by atoms with Crippen LogP contribution in [0.4, 0.5) is 0 Å². The summed E-state index contributed by atoms with van der Waals surface area (Å²) < 4.78 is 0. The van der Waals surface area contributed by atoms with Crippen molar-refractivity contribution in [1.29, 1.82) is 0 Å². The minimum Gasteiger partial charge on any atom is -0.300 e. The van der Waals surface area contributed by atoms with Crippen molar-refractivity contribution < 1.29 is 0 Å². The minimum atomic E-state index is 0.163. The average molecular weight is 128 g/mol. The van der Waals surface area contributed by atoms with E-state index in [2.05, 4.69) is 24.5 Å². The second-order valence-corrected chi connectivity index (χ2v) is 3.19. The fourth-order valence-electron chi connectivity index (χ4n) is 1.11. The Balaban J connectivity index is 2.36. The van der Waals surface area contributed by atoms with Crippen molar-refractivity contribution in [2.75, 3.05) is 13.1 Å². The lowest BCUT2D eigenvalue weighted by Gasteiger charge is -2.24. The molecular formula is C7H16N2. The van der Waals surface area contributed by atoms with Crippen molar-refractivity contribution in [2.45, 2.75) is 32.4 Å². The first-order valence-electron chi connectivity index (χ1n) is 3.71. The molecule has 1 heterocycles. The summed E-state index contributed by atoms with van der Waals surface area (Å²) in [4.78, 5) is 0. The van der Waals surface area contributed by atoms with Gasteiger partial charge in [0.15, 0.2) is 0 Å². The summed E-state index contributed by atoms with van der Waals surface area (Å²) in [5.74, 6) is 0. The van der Waals surface area contributed by atoms with Gasteiger partial charge in [0.05, 0.1) is 5.66 Å². The van der Waals surface area contributed by atoms with E-state index in [1.54, 1.807) is 0 Å². The van der Waals surface area contributed by atoms with Gasteiger partial charge in [0.2, 0.25) is 0 Å². The van der Waals surface area contributed by atoms with Gasteiger partial charge in [-0.3, -0.25) is 10.6 Å². The zero-order chi connectivity index (χ0) is 6.74. The summed E-state index contributed by atoms with van der Waals surface area (Å²) >= 11 is 0. The van der Waals surface area contributed by atoms with Crippen LogP contribution < -0.4 is 10.6 Å². The van der Waals surface area contributed by atoms with E-state index in [4.69, 9.17) is 0 Å². The molecule has 0 bridgehead atoms. The smallest absolute Gasteiger partial charge is 0.0629 e. The van der Waals surface area contributed by atoms with Crippen molar-refractivity contribution in [3.05, 3.63) is 0 Å². The standard InChI is InChI=1S/C7H16N2/c1-7(2)8-5-3-4-6-9-7/h8-9H,3-6H2,1-2H3. The first-order valence-corrected chi connectivity index (χ1v) is 3.71. The van der Waals surface area contributed by atoms with Gasteiger partial charge in [-0.25, -0.2) is 0 Å². The van der Waals surface area contributed by atoms with Crippen molar-refractivity contribution in [2.24, 2.45) is 0 Å². The Morgan fingerprint density at radius 2 is 1.44 bits per heavy atom. The van der Waals surface area contributed by atoms with Gasteiger partial charge in [-0.2, -0.15) is 0 Å². The van der Waals surface area contributed by atoms with Crippen LogP contribution in [0.25, 0.3) is 0 Å². The van der Waals surface area contributed by atoms with Gasteiger partial charge in [0, 0.05) is 0 Å². The molecule has 2 nitrogen and oxygen atoms in total. The topological polar surface area (TPSA) is 24.1 Å². The quantitative estimate of drug-likeness (QED) is 0.501. The van der Waals surface area contributed by atoms with Crippen LogP contribution in [0.2, 0.25) is 0 Å². The lowest BCUT2D eigenvalue weighted by Crippen LogP contribution is -2.50. The monoisotopic (exact) mass is 128 g/mol. The Morgan fingerprint density at radius 1 is 1.00 bits per heavy atom. The maximum atomic E-state index is 3.41. The second-order valence-electron chi connectivity index (χ2n) is 3.19. The van der Waals surface area contributed by atoms with Crippen LogP contribution in [0, 0.1) is 0 Å². The largest absolute Gasteiger partial charge is 0.300 e. The molecule has 1 fully saturated rings. The Kier molecular flexibility index (Phi) is 2.09. The van der Waals surface area contributed by atoms with E-state index in [1.807, 2.05) is 0 Å². The summed E-state index contributed by atoms with van der Waals surface area (Å²) in [6.07, 6.45) is 2.60. The van der Waals surface area contributed by atoms with Crippen LogP contribution in [-0.4, -0.2) is 18.8 Å². The predicted octanol–water partition coefficient (Wildman–Crippen LogP) is 0.695. The van der Waals surface area contributed by atoms with E-state index in [-0.39, 0.29) is 5.66 Å². The van der Waals surface area contributed by atoms with Crippen molar-refractivity contribution in [1.82, 2.24) is 10.6 Å². The molecule has 1 rings (SSSR count). The highest BCUT2D eigenvalue weighted by molar-refractivity contribution is 4.76. The van der Waals surface area contributed by atoms with E-state index in [0.717, 1.165) is 13.1 Å². The summed E-state index contributed by atoms with van der Waals surface area (Å²) in [5.41, 5.74) is 0.163. The third-order valence-corrected chi connectivity index (χ3v) is 1.74. The molecule has 0 aromatic rings. The molecule has 0 saturated carbocycles. The lowest BCUT2D eigenvalue weighted by atomic mass is 10.2. The second kappa shape index (κ2) is 2.67. The van der Waals surface area contributed by atoms with Crippen molar-refractivity contribution in [3.8, 4) is 0 Å². The Labute approximate surface area is 57.0 Å². The SMILES string of the molecule is CC1(C)NCCCCN1. The van der Waals surface area contributed by atoms with Crippen molar-refractivity contribution >= 4 is 0 Å². The minimum absolute atomic E-state index is 0.163. The lowest BCUT2D eigenvalue weighted by molar-refractivity contribution is 0.338. The van der Waals surface area contributed by atoms with E-state index >= 15 is 0 Å². The van der Waals surface area contributed by atoms with Gasteiger partial charge in [-0.15, -0.1) is 0 Å². The predicted molar refractivity (Wildman–Crippen MR) is 39.3 cm³/mol. The van der Waals surface area contributed by atoms with Crippen LogP contribution in [0.3, 0.4) is 0 Å². The van der Waals surface area contributed by atoms with E-state index in [9.17, 15) is 0 Å². The first kappa shape index (κ1) is 7.03. The molecule has 0 unspecified atom stereocenters. The molecule has 54 valence electrons. The molecular weight excluding hydrogens is 112 g/mol. The molecule has 0 spiro atoms. The average Bonchev–Trinajstić information content (AvgIpc) is 1.92. The number of rotatable bonds is 0. The molecule has 0 aromatic carbocycles. The molecule has 0 amide bonds. The normalized spacial score (nSPS) is 27.3. The maximum Gasteiger partial charge on any atom is 0.0629 e. The van der Waals surface area contributed by atoms with E-state index < -0.39 is 0 Å². The van der Waals surface area contributed by atoms with Gasteiger partial charge in [-0.05, 0) is 39.8 Å². The van der Waals surface area contributed by atoms with Crippen LogP contribution in [-0.2, 0) is 0 Å². The summed E-state index contributed by atoms with van der Waals surface area (Å²) in [6, 6.07) is 0. The highest BCUT2D eigenvalue weighted by Gasteiger charge is 2.16. The Hall–Kier alpha value is -0.0800. The van der Waals surface area contributed by atoms with Gasteiger partial charge in [-0.1, -0.05) is 0 Å². The third kappa shape index (κ3) is 2.33. The molecule has 0 aliphatic carbocycles. The molecule has 1 aliphatic heterocycles. The first-order chi connectivity index (χ1) is 4.21. The highest BCUT2D eigenvalue weighted by atomic mass is 15.2. The third-order valence-electron chi connectivity index (χ3n) is 1.74. The summed E-state index contributed by atoms with van der Waals surface area (Å²) in [7, 11) is 0. The molecule has 2 heteroatoms. The number of hydrogen-bond donors (Lipinski definition) is 2. The van der Waals surface area contributed by atoms with E-state index in [0.29, 0.717) is 0 Å². The van der Waals surface area contributed by atoms with Crippen LogP contribution in [0.1, 0.15) is 26.7 Å². The van der Waals surface area contributed by atoms with Crippen LogP contribution in [0.15, 0.2) is 0 Å². The van der Waals surface area contributed by atoms with Crippen molar-refractivity contribution in [3.63, 3.8) is 0 Å². The van der Waals surface area contributed by atoms with E-state index in [1.165, 1.54) is 12.8 Å². The van der Waals surface area contributed by atoms with Gasteiger partial charge < -0.3 is 0 Å². The van der Waals surface area contributed by atoms with Crippen LogP contribution >= 0.6 is 0 Å². The zero-order valence-corrected chi connectivity index (χ0v) is 6.33. The number of nitrogens with one attached hydrogen (secondary N) is 2. The maximum absolute atomic E-state index is 3.41. The zero-order valence-electron chi connectivity index (χ0n) is 6.33. The Bertz CT molecular complexity index is 78.9. The van der Waals surface area contributed by atoms with Crippen LogP contribution in [0.5, 0.6) is 0 Å². The molecule has 9 heavy (non-hydrogen) atoms. The summed E-state index contributed by atoms with van der Waals surface area (Å²) in [5, 5.41) is 6.82. The molecule has 0 radical (unpaired) electrons. The molecule has 1 aliphatic rings. The molecule has 0 atom stereocenters. The fraction of sp³-hybridized carbons (Fsp3) is 1.00. The van der Waals surface area contributed by atoms with Gasteiger partial charge >= 0.3 is 0 Å². The van der Waals surface area contributed by atoms with Gasteiger partial charge in [0.25, 0.3) is 0 Å². The molecule has 1 saturated heterocycles. The summed E-state index contributed by atoms with van der Waals surface area (Å²) in [6.45, 7) is 6.66. The fourth-order valence-corrected chi connectivity index (χ4v) is 1.11. The molecule has 0 aromatic heterocycles. The highest BCUT2D eigenvalue weighted by Crippen LogP contribution is 2.01. The van der Waals surface area contributed by atoms with Gasteiger partial charge in [0.1, 0.15) is 0 Å².